The van der Waals surface area contributed by atoms with Gasteiger partial charge in [-0.2, -0.15) is 18.2 Å². The number of nitrogens with zero attached hydrogens (tertiary/aromatic N) is 2. The topological polar surface area (TPSA) is 64.1 Å². The van der Waals surface area contributed by atoms with Crippen molar-refractivity contribution in [3.63, 3.8) is 0 Å². The fourth-order valence-corrected chi connectivity index (χ4v) is 2.39. The van der Waals surface area contributed by atoms with Gasteiger partial charge in [0.15, 0.2) is 22.5 Å². The van der Waals surface area contributed by atoms with Crippen molar-refractivity contribution in [3.05, 3.63) is 30.6 Å². The Morgan fingerprint density at radius 3 is 1.95 bits per heavy atom. The molecule has 1 aromatic rings. The first kappa shape index (κ1) is 15.0. The van der Waals surface area contributed by atoms with Gasteiger partial charge in [-0.05, 0) is 19.3 Å². The number of hydrogen-bond donors (Lipinski definition) is 0. The van der Waals surface area contributed by atoms with Gasteiger partial charge in [0, 0.05) is 12.1 Å². The van der Waals surface area contributed by atoms with E-state index in [1.807, 2.05) is 0 Å². The second kappa shape index (κ2) is 5.21. The Morgan fingerprint density at radius 2 is 1.55 bits per heavy atom. The van der Waals surface area contributed by atoms with Crippen LogP contribution in [0.2, 0.25) is 0 Å². The van der Waals surface area contributed by atoms with Crippen LogP contribution >= 0.6 is 0 Å². The smallest absolute Gasteiger partial charge is 0.485 e. The number of fused-ring (bicyclic) bond motifs is 1. The van der Waals surface area contributed by atoms with Gasteiger partial charge in [-0.1, -0.05) is 10.7 Å². The third-order valence-corrected chi connectivity index (χ3v) is 3.85. The van der Waals surface area contributed by atoms with Gasteiger partial charge in [-0.15, -0.1) is 0 Å². The molecular weight excluding hydrogens is 297 g/mol. The molecule has 0 N–H and O–H groups in total. The van der Waals surface area contributed by atoms with Crippen molar-refractivity contribution in [3.8, 4) is 0 Å². The van der Waals surface area contributed by atoms with Crippen LogP contribution in [0.4, 0.5) is 13.2 Å². The predicted molar refractivity (Wildman–Crippen MR) is 62.0 cm³/mol. The number of hydrogen-bond acceptors (Lipinski definition) is 4. The zero-order chi connectivity index (χ0) is 15.0. The largest absolute Gasteiger partial charge is 0.741 e. The van der Waals surface area contributed by atoms with Crippen LogP contribution in [-0.2, 0) is 10.1 Å². The summed E-state index contributed by atoms with van der Waals surface area (Å²) in [5, 5.41) is 2.48. The molecule has 20 heavy (non-hydrogen) atoms. The quantitative estimate of drug-likeness (QED) is 0.335. The van der Waals surface area contributed by atoms with E-state index < -0.39 is 15.6 Å². The number of aromatic nitrogens is 1. The Hall–Kier alpha value is -1.35. The van der Waals surface area contributed by atoms with Gasteiger partial charge >= 0.3 is 5.51 Å². The Labute approximate surface area is 114 Å². The van der Waals surface area contributed by atoms with Crippen molar-refractivity contribution in [2.45, 2.75) is 36.9 Å². The van der Waals surface area contributed by atoms with Gasteiger partial charge in [0.05, 0.1) is 0 Å². The molecule has 1 aliphatic heterocycles. The maximum Gasteiger partial charge on any atom is 0.485 e. The number of alkyl halides is 3. The van der Waals surface area contributed by atoms with E-state index in [0.717, 1.165) is 12.1 Å². The summed E-state index contributed by atoms with van der Waals surface area (Å²) >= 11 is 0. The fraction of sp³-hybridized carbons (Fsp3) is 0.545. The lowest BCUT2D eigenvalue weighted by Gasteiger charge is -2.08. The zero-order valence-corrected chi connectivity index (χ0v) is 11.1. The molecule has 1 aromatic heterocycles. The van der Waals surface area contributed by atoms with Crippen LogP contribution in [0.1, 0.15) is 19.3 Å². The first-order valence-electron chi connectivity index (χ1n) is 5.99. The normalized spacial score (nSPS) is 24.7. The van der Waals surface area contributed by atoms with Crippen molar-refractivity contribution in [1.29, 1.82) is 0 Å². The summed E-state index contributed by atoms with van der Waals surface area (Å²) in [6, 6.07) is 7.97. The molecule has 2 heterocycles. The molecule has 1 aliphatic carbocycles. The van der Waals surface area contributed by atoms with Crippen LogP contribution in [-0.4, -0.2) is 30.6 Å². The number of pyridine rings is 1. The Balaban J connectivity index is 0.000000163. The van der Waals surface area contributed by atoms with Crippen LogP contribution in [0, 0.1) is 0 Å². The monoisotopic (exact) mass is 310 g/mol. The molecule has 9 heteroatoms. The average Bonchev–Trinajstić information content (AvgIpc) is 2.82. The van der Waals surface area contributed by atoms with Gasteiger partial charge in [-0.3, -0.25) is 0 Å². The van der Waals surface area contributed by atoms with Gasteiger partial charge in [0.25, 0.3) is 0 Å². The second-order valence-electron chi connectivity index (χ2n) is 4.60. The molecule has 2 aliphatic rings. The molecule has 5 nitrogen and oxygen atoms in total. The molecule has 2 atom stereocenters. The molecule has 3 rings (SSSR count). The van der Waals surface area contributed by atoms with Gasteiger partial charge < -0.3 is 4.55 Å². The summed E-state index contributed by atoms with van der Waals surface area (Å²) < 4.78 is 61.1. The van der Waals surface area contributed by atoms with Crippen molar-refractivity contribution >= 4 is 10.1 Å². The molecule has 2 fully saturated rings. The van der Waals surface area contributed by atoms with Crippen molar-refractivity contribution in [1.82, 2.24) is 0 Å². The van der Waals surface area contributed by atoms with Gasteiger partial charge in [0.1, 0.15) is 12.1 Å². The van der Waals surface area contributed by atoms with Gasteiger partial charge in [-0.25, -0.2) is 8.42 Å². The molecule has 0 bridgehead atoms. The highest BCUT2D eigenvalue weighted by atomic mass is 32.2. The first-order valence-corrected chi connectivity index (χ1v) is 7.40. The Morgan fingerprint density at radius 1 is 1.10 bits per heavy atom. The van der Waals surface area contributed by atoms with E-state index in [1.165, 1.54) is 19.3 Å². The standard InChI is InChI=1S/C10H13N2.CHF3O3S/c1-2-7-11(8-3-1)12-9-5-4-6-10(9)12;2-1(3,4)8(5,6)7/h1-3,7-10H,4-6H2;(H,5,6,7)/q+1;/p-1. The van der Waals surface area contributed by atoms with Gasteiger partial charge in [0.2, 0.25) is 0 Å². The zero-order valence-electron chi connectivity index (χ0n) is 10.3. The van der Waals surface area contributed by atoms with Crippen LogP contribution in [0.15, 0.2) is 30.6 Å². The Kier molecular flexibility index (Phi) is 3.92. The Bertz CT molecular complexity index is 552. The van der Waals surface area contributed by atoms with E-state index >= 15 is 0 Å². The molecular formula is C11H13F3N2O3S. The minimum Gasteiger partial charge on any atom is -0.741 e. The summed E-state index contributed by atoms with van der Waals surface area (Å²) in [5.41, 5.74) is -5.65. The molecule has 0 aromatic carbocycles. The highest BCUT2D eigenvalue weighted by Crippen LogP contribution is 2.37. The SMILES string of the molecule is O=S(=O)([O-])C(F)(F)F.c1cc[n+](N2C3CCCC32)cc1. The highest BCUT2D eigenvalue weighted by molar-refractivity contribution is 7.86. The van der Waals surface area contributed by atoms with E-state index in [4.69, 9.17) is 13.0 Å². The molecule has 112 valence electrons. The fourth-order valence-electron chi connectivity index (χ4n) is 2.39. The lowest BCUT2D eigenvalue weighted by molar-refractivity contribution is -0.679. The predicted octanol–water partition coefficient (Wildman–Crippen LogP) is 0.898. The maximum absolute atomic E-state index is 10.7. The average molecular weight is 310 g/mol. The highest BCUT2D eigenvalue weighted by Gasteiger charge is 2.56. The first-order chi connectivity index (χ1) is 9.22. The van der Waals surface area contributed by atoms with Crippen LogP contribution < -0.4 is 9.69 Å². The number of piperidine rings is 1. The summed E-state index contributed by atoms with van der Waals surface area (Å²) in [4.78, 5) is 0. The molecule has 0 radical (unpaired) electrons. The number of halogens is 3. The summed E-state index contributed by atoms with van der Waals surface area (Å²) in [5.74, 6) is 0. The lowest BCUT2D eigenvalue weighted by atomic mass is 10.3. The molecule has 1 saturated carbocycles. The number of rotatable bonds is 1. The van der Waals surface area contributed by atoms with Crippen molar-refractivity contribution in [2.24, 2.45) is 0 Å². The lowest BCUT2D eigenvalue weighted by Crippen LogP contribution is -2.47. The summed E-state index contributed by atoms with van der Waals surface area (Å²) in [7, 11) is -6.09. The van der Waals surface area contributed by atoms with E-state index in [2.05, 4.69) is 40.3 Å². The maximum atomic E-state index is 10.7. The third kappa shape index (κ3) is 3.21. The van der Waals surface area contributed by atoms with Crippen molar-refractivity contribution < 1.29 is 30.8 Å². The summed E-state index contributed by atoms with van der Waals surface area (Å²) in [6.45, 7) is 0. The minimum atomic E-state index is -6.09. The molecule has 0 spiro atoms. The molecule has 1 saturated heterocycles. The molecule has 0 amide bonds. The summed E-state index contributed by atoms with van der Waals surface area (Å²) in [6.07, 6.45) is 8.50. The van der Waals surface area contributed by atoms with Crippen molar-refractivity contribution in [2.75, 3.05) is 5.01 Å². The molecule has 2 unspecified atom stereocenters. The minimum absolute atomic E-state index is 0.859. The van der Waals surface area contributed by atoms with E-state index in [-0.39, 0.29) is 0 Å². The van der Waals surface area contributed by atoms with E-state index in [0.29, 0.717) is 0 Å². The van der Waals surface area contributed by atoms with Crippen LogP contribution in [0.5, 0.6) is 0 Å². The van der Waals surface area contributed by atoms with E-state index in [1.54, 1.807) is 0 Å². The van der Waals surface area contributed by atoms with E-state index in [9.17, 15) is 13.2 Å². The van der Waals surface area contributed by atoms with Crippen LogP contribution in [0.3, 0.4) is 0 Å². The second-order valence-corrected chi connectivity index (χ2v) is 5.97. The van der Waals surface area contributed by atoms with Crippen LogP contribution in [0.25, 0.3) is 0 Å². The third-order valence-electron chi connectivity index (χ3n) is 3.28.